The van der Waals surface area contributed by atoms with E-state index >= 15 is 0 Å². The molecule has 1 heterocycles. The van der Waals surface area contributed by atoms with Gasteiger partial charge in [0.2, 0.25) is 0 Å². The van der Waals surface area contributed by atoms with Crippen LogP contribution in [0.4, 0.5) is 11.4 Å². The molecule has 1 aromatic heterocycles. The highest BCUT2D eigenvalue weighted by Gasteiger charge is 2.19. The first-order valence-corrected chi connectivity index (χ1v) is 9.27. The Morgan fingerprint density at radius 1 is 1.20 bits per heavy atom. The molecular weight excluding hydrogens is 429 g/mol. The molecule has 0 aliphatic heterocycles. The van der Waals surface area contributed by atoms with Crippen LogP contribution in [0.3, 0.4) is 0 Å². The molecular formula is C21H13Cl2N3O4. The second kappa shape index (κ2) is 8.82. The van der Waals surface area contributed by atoms with Crippen molar-refractivity contribution in [3.63, 3.8) is 0 Å². The van der Waals surface area contributed by atoms with Crippen molar-refractivity contribution in [2.45, 2.75) is 6.92 Å². The van der Waals surface area contributed by atoms with E-state index in [1.165, 1.54) is 36.4 Å². The van der Waals surface area contributed by atoms with Crippen molar-refractivity contribution in [3.8, 4) is 17.4 Å². The number of nitrogens with one attached hydrogen (secondary N) is 1. The molecule has 150 valence electrons. The van der Waals surface area contributed by atoms with Gasteiger partial charge in [-0.05, 0) is 48.9 Å². The van der Waals surface area contributed by atoms with E-state index < -0.39 is 10.8 Å². The Morgan fingerprint density at radius 3 is 2.67 bits per heavy atom. The minimum absolute atomic E-state index is 0.103. The summed E-state index contributed by atoms with van der Waals surface area (Å²) in [5, 5.41) is 23.8. The topological polar surface area (TPSA) is 109 Å². The van der Waals surface area contributed by atoms with E-state index in [-0.39, 0.29) is 33.5 Å². The maximum Gasteiger partial charge on any atom is 0.280 e. The second-order valence-electron chi connectivity index (χ2n) is 6.23. The van der Waals surface area contributed by atoms with Crippen LogP contribution < -0.4 is 5.32 Å². The van der Waals surface area contributed by atoms with Crippen LogP contribution in [0.1, 0.15) is 11.3 Å². The van der Waals surface area contributed by atoms with Gasteiger partial charge in [0.1, 0.15) is 23.2 Å². The number of halogens is 2. The predicted octanol–water partition coefficient (Wildman–Crippen LogP) is 6.02. The fourth-order valence-electron chi connectivity index (χ4n) is 2.65. The Kier molecular flexibility index (Phi) is 6.21. The summed E-state index contributed by atoms with van der Waals surface area (Å²) >= 11 is 11.9. The molecule has 30 heavy (non-hydrogen) atoms. The number of rotatable bonds is 5. The quantitative estimate of drug-likeness (QED) is 0.225. The highest BCUT2D eigenvalue weighted by molar-refractivity contribution is 6.36. The summed E-state index contributed by atoms with van der Waals surface area (Å²) in [6, 6.07) is 14.1. The van der Waals surface area contributed by atoms with Gasteiger partial charge >= 0.3 is 0 Å². The average molecular weight is 442 g/mol. The average Bonchev–Trinajstić information content (AvgIpc) is 3.17. The number of nitriles is 1. The first-order chi connectivity index (χ1) is 14.3. The summed E-state index contributed by atoms with van der Waals surface area (Å²) < 4.78 is 5.62. The molecule has 3 rings (SSSR count). The highest BCUT2D eigenvalue weighted by Crippen LogP contribution is 2.32. The fraction of sp³-hybridized carbons (Fsp3) is 0.0476. The summed E-state index contributed by atoms with van der Waals surface area (Å²) in [7, 11) is 0. The number of nitrogens with zero attached hydrogens (tertiary/aromatic N) is 2. The number of hydrogen-bond acceptors (Lipinski definition) is 5. The maximum absolute atomic E-state index is 12.4. The van der Waals surface area contributed by atoms with E-state index in [1.54, 1.807) is 31.2 Å². The van der Waals surface area contributed by atoms with E-state index in [2.05, 4.69) is 5.32 Å². The molecule has 0 saturated carbocycles. The largest absolute Gasteiger partial charge is 0.456 e. The van der Waals surface area contributed by atoms with Crippen molar-refractivity contribution in [2.75, 3.05) is 5.32 Å². The van der Waals surface area contributed by atoms with E-state index in [0.717, 1.165) is 5.56 Å². The molecule has 0 atom stereocenters. The van der Waals surface area contributed by atoms with Gasteiger partial charge < -0.3 is 9.73 Å². The van der Waals surface area contributed by atoms with E-state index in [0.29, 0.717) is 10.6 Å². The van der Waals surface area contributed by atoms with Gasteiger partial charge in [0, 0.05) is 17.2 Å². The van der Waals surface area contributed by atoms with Crippen molar-refractivity contribution in [3.05, 3.63) is 85.6 Å². The van der Waals surface area contributed by atoms with Gasteiger partial charge in [0.05, 0.1) is 21.2 Å². The van der Waals surface area contributed by atoms with Crippen LogP contribution >= 0.6 is 23.2 Å². The maximum atomic E-state index is 12.4. The Hall–Kier alpha value is -3.60. The number of nitro benzene ring substituents is 1. The molecule has 7 nitrogen and oxygen atoms in total. The van der Waals surface area contributed by atoms with E-state index in [1.807, 2.05) is 0 Å². The summed E-state index contributed by atoms with van der Waals surface area (Å²) in [5.74, 6) is -0.284. The number of furan rings is 1. The molecule has 1 N–H and O–H groups in total. The number of aryl methyl sites for hydroxylation is 1. The molecule has 0 aliphatic carbocycles. The number of amides is 1. The first kappa shape index (κ1) is 21.1. The van der Waals surface area contributed by atoms with Gasteiger partial charge in [-0.3, -0.25) is 14.9 Å². The lowest BCUT2D eigenvalue weighted by molar-refractivity contribution is -0.384. The lowest BCUT2D eigenvalue weighted by Gasteiger charge is -2.06. The summed E-state index contributed by atoms with van der Waals surface area (Å²) in [4.78, 5) is 23.3. The zero-order valence-electron chi connectivity index (χ0n) is 15.5. The van der Waals surface area contributed by atoms with Crippen molar-refractivity contribution < 1.29 is 14.1 Å². The van der Waals surface area contributed by atoms with Crippen LogP contribution in [-0.2, 0) is 4.79 Å². The Bertz CT molecular complexity index is 1230. The molecule has 0 bridgehead atoms. The minimum Gasteiger partial charge on any atom is -0.456 e. The highest BCUT2D eigenvalue weighted by atomic mass is 35.5. The molecule has 1 amide bonds. The van der Waals surface area contributed by atoms with Gasteiger partial charge in [0.25, 0.3) is 11.6 Å². The van der Waals surface area contributed by atoms with Crippen LogP contribution in [0, 0.1) is 28.4 Å². The van der Waals surface area contributed by atoms with Crippen LogP contribution in [-0.4, -0.2) is 10.8 Å². The number of nitro groups is 1. The van der Waals surface area contributed by atoms with E-state index in [4.69, 9.17) is 27.6 Å². The predicted molar refractivity (Wildman–Crippen MR) is 114 cm³/mol. The third-order valence-corrected chi connectivity index (χ3v) is 4.64. The van der Waals surface area contributed by atoms with Gasteiger partial charge in [-0.1, -0.05) is 29.3 Å². The normalized spacial score (nSPS) is 11.1. The van der Waals surface area contributed by atoms with Crippen molar-refractivity contribution in [1.82, 2.24) is 0 Å². The van der Waals surface area contributed by atoms with Crippen molar-refractivity contribution >= 4 is 46.6 Å². The number of anilines is 1. The Labute approximate surface area is 181 Å². The van der Waals surface area contributed by atoms with Crippen molar-refractivity contribution in [2.24, 2.45) is 0 Å². The van der Waals surface area contributed by atoms with Crippen LogP contribution in [0.25, 0.3) is 17.4 Å². The lowest BCUT2D eigenvalue weighted by atomic mass is 10.1. The fourth-order valence-corrected chi connectivity index (χ4v) is 2.99. The second-order valence-corrected chi connectivity index (χ2v) is 7.07. The number of carbonyl (C=O) groups excluding carboxylic acids is 1. The summed E-state index contributed by atoms with van der Waals surface area (Å²) in [6.45, 7) is 1.75. The molecule has 2 aromatic carbocycles. The number of hydrogen-bond donors (Lipinski definition) is 1. The molecule has 3 aromatic rings. The summed E-state index contributed by atoms with van der Waals surface area (Å²) in [5.41, 5.74) is 0.934. The number of carbonyl (C=O) groups is 1. The zero-order chi connectivity index (χ0) is 21.8. The summed E-state index contributed by atoms with van der Waals surface area (Å²) in [6.07, 6.45) is 1.23. The van der Waals surface area contributed by atoms with Crippen LogP contribution in [0.5, 0.6) is 0 Å². The monoisotopic (exact) mass is 441 g/mol. The standard InChI is InChI=1S/C21H13Cl2N3O4/c1-12-2-5-16(19(8-12)26(28)29)20-7-4-15(30-20)9-13(11-24)21(27)25-18-10-14(22)3-6-17(18)23/h2-10H,1H3,(H,25,27)/b13-9+. The van der Waals surface area contributed by atoms with Crippen LogP contribution in [0.2, 0.25) is 10.0 Å². The lowest BCUT2D eigenvalue weighted by Crippen LogP contribution is -2.13. The molecule has 0 unspecified atom stereocenters. The first-order valence-electron chi connectivity index (χ1n) is 8.52. The van der Waals surface area contributed by atoms with Crippen molar-refractivity contribution in [1.29, 1.82) is 5.26 Å². The van der Waals surface area contributed by atoms with Crippen LogP contribution in [0.15, 0.2) is 58.5 Å². The molecule has 0 aliphatic rings. The SMILES string of the molecule is Cc1ccc(-c2ccc(/C=C(\C#N)C(=O)Nc3cc(Cl)ccc3Cl)o2)c([N+](=O)[O-])c1. The molecule has 0 radical (unpaired) electrons. The molecule has 0 saturated heterocycles. The third kappa shape index (κ3) is 4.69. The van der Waals surface area contributed by atoms with Gasteiger partial charge in [0.15, 0.2) is 0 Å². The minimum atomic E-state index is -0.707. The van der Waals surface area contributed by atoms with Gasteiger partial charge in [-0.15, -0.1) is 0 Å². The molecule has 0 spiro atoms. The Balaban J connectivity index is 1.89. The third-order valence-electron chi connectivity index (χ3n) is 4.07. The van der Waals surface area contributed by atoms with Gasteiger partial charge in [-0.25, -0.2) is 0 Å². The Morgan fingerprint density at radius 2 is 1.97 bits per heavy atom. The zero-order valence-corrected chi connectivity index (χ0v) is 17.0. The smallest absolute Gasteiger partial charge is 0.280 e. The number of benzene rings is 2. The van der Waals surface area contributed by atoms with Gasteiger partial charge in [-0.2, -0.15) is 5.26 Å². The molecule has 0 fully saturated rings. The molecule has 9 heteroatoms. The van der Waals surface area contributed by atoms with E-state index in [9.17, 15) is 20.2 Å².